The number of carbonyl (C=O) groups is 1. The summed E-state index contributed by atoms with van der Waals surface area (Å²) in [5.74, 6) is 0. The van der Waals surface area contributed by atoms with Gasteiger partial charge in [0, 0.05) is 5.69 Å². The molecule has 0 spiro atoms. The van der Waals surface area contributed by atoms with E-state index in [-0.39, 0.29) is 6.61 Å². The minimum absolute atomic E-state index is 0.0215. The first kappa shape index (κ1) is 25.1. The van der Waals surface area contributed by atoms with Crippen LogP contribution in [-0.4, -0.2) is 66.5 Å². The molecule has 12 heteroatoms. The Balaban J connectivity index is 1.72. The van der Waals surface area contributed by atoms with Gasteiger partial charge < -0.3 is 30.3 Å². The molecule has 11 nitrogen and oxygen atoms in total. The maximum Gasteiger partial charge on any atom is 0.397 e. The molecule has 1 saturated heterocycles. The van der Waals surface area contributed by atoms with Gasteiger partial charge in [0.25, 0.3) is 0 Å². The van der Waals surface area contributed by atoms with Crippen molar-refractivity contribution in [2.24, 2.45) is 0 Å². The number of hydrogen-bond donors (Lipinski definition) is 5. The average molecular weight is 483 g/mol. The number of carbonyl (C=O) groups excluding carboxylic acids is 1. The molecule has 1 fully saturated rings. The number of ether oxygens (including phenoxy) is 2. The van der Waals surface area contributed by atoms with Crippen LogP contribution in [0.15, 0.2) is 54.6 Å². The molecule has 2 aromatic carbocycles. The van der Waals surface area contributed by atoms with Gasteiger partial charge in [-0.25, -0.2) is 8.98 Å². The lowest BCUT2D eigenvalue weighted by atomic mass is 9.98. The molecular weight excluding hydrogens is 456 g/mol. The Kier molecular flexibility index (Phi) is 8.37. The molecule has 1 aliphatic heterocycles. The van der Waals surface area contributed by atoms with Gasteiger partial charge >= 0.3 is 16.4 Å². The van der Waals surface area contributed by atoms with Crippen LogP contribution in [0, 0.1) is 6.92 Å². The van der Waals surface area contributed by atoms with E-state index in [0.29, 0.717) is 5.69 Å². The topological polar surface area (TPSA) is 164 Å². The Bertz CT molecular complexity index is 1040. The first-order valence-corrected chi connectivity index (χ1v) is 11.4. The SMILES string of the molecule is Cc1cccc(NC(=O)N[C@@H]2O[C@H](COS(=O)(=O)O)[C@@H](O)[C@H](OCc3ccccc3)[C@H]2O)c1. The molecule has 180 valence electrons. The van der Waals surface area contributed by atoms with Crippen molar-refractivity contribution in [1.82, 2.24) is 5.32 Å². The van der Waals surface area contributed by atoms with Crippen LogP contribution >= 0.6 is 0 Å². The molecule has 5 atom stereocenters. The molecule has 1 heterocycles. The normalized spacial score (nSPS) is 25.4. The molecule has 0 unspecified atom stereocenters. The maximum absolute atomic E-state index is 12.4. The lowest BCUT2D eigenvalue weighted by Gasteiger charge is -2.42. The Morgan fingerprint density at radius 3 is 2.48 bits per heavy atom. The van der Waals surface area contributed by atoms with Gasteiger partial charge in [-0.05, 0) is 30.2 Å². The van der Waals surface area contributed by atoms with Crippen molar-refractivity contribution in [1.29, 1.82) is 0 Å². The molecule has 5 N–H and O–H groups in total. The molecule has 0 aliphatic carbocycles. The fraction of sp³-hybridized carbons (Fsp3) is 0.381. The number of anilines is 1. The van der Waals surface area contributed by atoms with Gasteiger partial charge in [0.05, 0.1) is 13.2 Å². The number of amides is 2. The summed E-state index contributed by atoms with van der Waals surface area (Å²) in [6, 6.07) is 15.3. The number of rotatable bonds is 8. The largest absolute Gasteiger partial charge is 0.397 e. The van der Waals surface area contributed by atoms with Gasteiger partial charge in [0.15, 0.2) is 6.23 Å². The second kappa shape index (κ2) is 11.0. The fourth-order valence-corrected chi connectivity index (χ4v) is 3.63. The summed E-state index contributed by atoms with van der Waals surface area (Å²) in [7, 11) is -4.81. The standard InChI is InChI=1S/C21H26N2O9S/c1-13-6-5-9-15(10-13)22-21(26)23-20-18(25)19(30-11-14-7-3-2-4-8-14)17(24)16(32-20)12-31-33(27,28)29/h2-10,16-20,24-25H,11-12H2,1H3,(H2,22,23,26)(H,27,28,29)/t16-,17-,18-,19+,20-/m1/s1. The van der Waals surface area contributed by atoms with Crippen molar-refractivity contribution in [3.8, 4) is 0 Å². The van der Waals surface area contributed by atoms with E-state index in [1.165, 1.54) is 0 Å². The summed E-state index contributed by atoms with van der Waals surface area (Å²) in [5.41, 5.74) is 2.18. The summed E-state index contributed by atoms with van der Waals surface area (Å²) in [4.78, 5) is 12.4. The highest BCUT2D eigenvalue weighted by Crippen LogP contribution is 2.24. The van der Waals surface area contributed by atoms with E-state index in [2.05, 4.69) is 14.8 Å². The van der Waals surface area contributed by atoms with Crippen LogP contribution in [0.25, 0.3) is 0 Å². The van der Waals surface area contributed by atoms with Gasteiger partial charge in [-0.3, -0.25) is 4.55 Å². The minimum atomic E-state index is -4.81. The fourth-order valence-electron chi connectivity index (χ4n) is 3.33. The average Bonchev–Trinajstić information content (AvgIpc) is 2.75. The van der Waals surface area contributed by atoms with Crippen molar-refractivity contribution in [2.45, 2.75) is 44.2 Å². The summed E-state index contributed by atoms with van der Waals surface area (Å²) in [5, 5.41) is 26.3. The van der Waals surface area contributed by atoms with E-state index in [4.69, 9.17) is 14.0 Å². The molecule has 1 aliphatic rings. The first-order valence-electron chi connectivity index (χ1n) is 10.1. The highest BCUT2D eigenvalue weighted by Gasteiger charge is 2.46. The van der Waals surface area contributed by atoms with Crippen molar-refractivity contribution in [3.63, 3.8) is 0 Å². The number of benzene rings is 2. The van der Waals surface area contributed by atoms with E-state index in [9.17, 15) is 23.4 Å². The van der Waals surface area contributed by atoms with E-state index in [1.54, 1.807) is 42.5 Å². The Hall–Kier alpha value is -2.58. The van der Waals surface area contributed by atoms with Gasteiger partial charge in [0.2, 0.25) is 0 Å². The van der Waals surface area contributed by atoms with Gasteiger partial charge in [0.1, 0.15) is 24.4 Å². The Labute approximate surface area is 191 Å². The zero-order valence-electron chi connectivity index (χ0n) is 17.7. The zero-order chi connectivity index (χ0) is 24.0. The van der Waals surface area contributed by atoms with Gasteiger partial charge in [-0.15, -0.1) is 0 Å². The van der Waals surface area contributed by atoms with E-state index in [0.717, 1.165) is 11.1 Å². The monoisotopic (exact) mass is 482 g/mol. The molecule has 0 aromatic heterocycles. The maximum atomic E-state index is 12.4. The van der Waals surface area contributed by atoms with Crippen molar-refractivity contribution in [2.75, 3.05) is 11.9 Å². The lowest BCUT2D eigenvalue weighted by Crippen LogP contribution is -2.64. The van der Waals surface area contributed by atoms with Crippen LogP contribution in [0.2, 0.25) is 0 Å². The summed E-state index contributed by atoms with van der Waals surface area (Å²) in [6.07, 6.45) is -7.02. The van der Waals surface area contributed by atoms with Crippen molar-refractivity contribution >= 4 is 22.1 Å². The lowest BCUT2D eigenvalue weighted by molar-refractivity contribution is -0.246. The van der Waals surface area contributed by atoms with Crippen LogP contribution in [0.4, 0.5) is 10.5 Å². The van der Waals surface area contributed by atoms with E-state index >= 15 is 0 Å². The van der Waals surface area contributed by atoms with Crippen molar-refractivity contribution in [3.05, 3.63) is 65.7 Å². The van der Waals surface area contributed by atoms with Crippen LogP contribution in [0.5, 0.6) is 0 Å². The molecule has 2 aromatic rings. The second-order valence-corrected chi connectivity index (χ2v) is 8.61. The zero-order valence-corrected chi connectivity index (χ0v) is 18.5. The summed E-state index contributed by atoms with van der Waals surface area (Å²) in [6.45, 7) is 1.11. The third kappa shape index (κ3) is 7.47. The van der Waals surface area contributed by atoms with E-state index < -0.39 is 53.7 Å². The Morgan fingerprint density at radius 2 is 1.82 bits per heavy atom. The number of aryl methyl sites for hydroxylation is 1. The molecule has 0 saturated carbocycles. The van der Waals surface area contributed by atoms with E-state index in [1.807, 2.05) is 19.1 Å². The molecule has 0 bridgehead atoms. The Morgan fingerprint density at radius 1 is 1.09 bits per heavy atom. The number of aliphatic hydroxyl groups excluding tert-OH is 2. The van der Waals surface area contributed by atoms with Crippen LogP contribution < -0.4 is 10.6 Å². The van der Waals surface area contributed by atoms with Crippen LogP contribution in [0.3, 0.4) is 0 Å². The first-order chi connectivity index (χ1) is 15.6. The smallest absolute Gasteiger partial charge is 0.387 e. The predicted molar refractivity (Wildman–Crippen MR) is 117 cm³/mol. The van der Waals surface area contributed by atoms with Crippen molar-refractivity contribution < 1.29 is 41.6 Å². The number of urea groups is 1. The quantitative estimate of drug-likeness (QED) is 0.345. The minimum Gasteiger partial charge on any atom is -0.387 e. The molecule has 33 heavy (non-hydrogen) atoms. The number of nitrogens with one attached hydrogen (secondary N) is 2. The second-order valence-electron chi connectivity index (χ2n) is 7.52. The summed E-state index contributed by atoms with van der Waals surface area (Å²) >= 11 is 0. The molecular formula is C21H26N2O9S. The third-order valence-electron chi connectivity index (χ3n) is 4.90. The van der Waals surface area contributed by atoms with Gasteiger partial charge in [-0.1, -0.05) is 42.5 Å². The number of aliphatic hydroxyl groups is 2. The van der Waals surface area contributed by atoms with Crippen LogP contribution in [0.1, 0.15) is 11.1 Å². The highest BCUT2D eigenvalue weighted by molar-refractivity contribution is 7.80. The van der Waals surface area contributed by atoms with Crippen LogP contribution in [-0.2, 0) is 30.7 Å². The predicted octanol–water partition coefficient (Wildman–Crippen LogP) is 0.968. The summed E-state index contributed by atoms with van der Waals surface area (Å²) < 4.78 is 46.3. The molecule has 2 amide bonds. The molecule has 3 rings (SSSR count). The van der Waals surface area contributed by atoms with Gasteiger partial charge in [-0.2, -0.15) is 8.42 Å². The highest BCUT2D eigenvalue weighted by atomic mass is 32.3. The molecule has 0 radical (unpaired) electrons. The number of hydrogen-bond acceptors (Lipinski definition) is 8. The third-order valence-corrected chi connectivity index (χ3v) is 5.34.